The van der Waals surface area contributed by atoms with E-state index in [0.717, 1.165) is 19.3 Å². The van der Waals surface area contributed by atoms with Gasteiger partial charge in [0, 0.05) is 0 Å². The first-order valence-corrected chi connectivity index (χ1v) is 6.72. The molecule has 1 saturated carbocycles. The number of oxazole rings is 1. The number of nitriles is 1. The fourth-order valence-corrected chi connectivity index (χ4v) is 2.51. The molecule has 1 aliphatic carbocycles. The number of aromatic nitrogens is 1. The smallest absolute Gasteiger partial charge is 0.241 e. The SMILES string of the molecule is Cc1cnc(C(C)NC(=O)C2(C#N)CCCCC2)o1. The average molecular weight is 261 g/mol. The molecule has 0 radical (unpaired) electrons. The van der Waals surface area contributed by atoms with Crippen LogP contribution < -0.4 is 5.32 Å². The van der Waals surface area contributed by atoms with Gasteiger partial charge in [-0.05, 0) is 26.7 Å². The van der Waals surface area contributed by atoms with Crippen molar-refractivity contribution in [2.45, 2.75) is 52.0 Å². The van der Waals surface area contributed by atoms with Crippen LogP contribution in [0.1, 0.15) is 56.7 Å². The Kier molecular flexibility index (Phi) is 3.89. The number of hydrogen-bond acceptors (Lipinski definition) is 4. The first-order chi connectivity index (χ1) is 9.07. The number of carbonyl (C=O) groups is 1. The normalized spacial score (nSPS) is 19.4. The molecule has 1 aliphatic rings. The Morgan fingerprint density at radius 2 is 2.21 bits per heavy atom. The number of nitrogens with zero attached hydrogens (tertiary/aromatic N) is 2. The number of carbonyl (C=O) groups excluding carboxylic acids is 1. The zero-order chi connectivity index (χ0) is 13.9. The lowest BCUT2D eigenvalue weighted by Gasteiger charge is -2.30. The van der Waals surface area contributed by atoms with E-state index >= 15 is 0 Å². The highest BCUT2D eigenvalue weighted by molar-refractivity contribution is 5.85. The molecular weight excluding hydrogens is 242 g/mol. The average Bonchev–Trinajstić information content (AvgIpc) is 2.86. The van der Waals surface area contributed by atoms with Crippen LogP contribution in [0.5, 0.6) is 0 Å². The molecule has 1 aromatic rings. The van der Waals surface area contributed by atoms with Gasteiger partial charge in [-0.3, -0.25) is 4.79 Å². The first kappa shape index (κ1) is 13.6. The summed E-state index contributed by atoms with van der Waals surface area (Å²) in [6.45, 7) is 3.63. The predicted molar refractivity (Wildman–Crippen MR) is 68.9 cm³/mol. The molecule has 1 aromatic heterocycles. The van der Waals surface area contributed by atoms with Gasteiger partial charge in [0.1, 0.15) is 17.2 Å². The summed E-state index contributed by atoms with van der Waals surface area (Å²) < 4.78 is 5.39. The minimum Gasteiger partial charge on any atom is -0.444 e. The van der Waals surface area contributed by atoms with Crippen LogP contribution in [0.2, 0.25) is 0 Å². The van der Waals surface area contributed by atoms with Gasteiger partial charge in [0.05, 0.1) is 12.3 Å². The summed E-state index contributed by atoms with van der Waals surface area (Å²) in [5, 5.41) is 12.2. The van der Waals surface area contributed by atoms with Gasteiger partial charge in [-0.25, -0.2) is 4.98 Å². The number of aryl methyl sites for hydroxylation is 1. The maximum absolute atomic E-state index is 12.3. The molecule has 0 bridgehead atoms. The minimum atomic E-state index is -0.867. The van der Waals surface area contributed by atoms with Crippen LogP contribution in [0.25, 0.3) is 0 Å². The van der Waals surface area contributed by atoms with Crippen molar-refractivity contribution in [3.05, 3.63) is 17.8 Å². The van der Waals surface area contributed by atoms with E-state index in [4.69, 9.17) is 4.42 Å². The zero-order valence-electron chi connectivity index (χ0n) is 11.4. The Morgan fingerprint density at radius 1 is 1.53 bits per heavy atom. The molecule has 0 spiro atoms. The second-order valence-electron chi connectivity index (χ2n) is 5.26. The molecule has 5 heteroatoms. The number of rotatable bonds is 3. The van der Waals surface area contributed by atoms with Gasteiger partial charge in [0.2, 0.25) is 11.8 Å². The minimum absolute atomic E-state index is 0.196. The number of hydrogen-bond donors (Lipinski definition) is 1. The van der Waals surface area contributed by atoms with Gasteiger partial charge in [0.15, 0.2) is 0 Å². The molecule has 5 nitrogen and oxygen atoms in total. The molecule has 19 heavy (non-hydrogen) atoms. The van der Waals surface area contributed by atoms with Crippen LogP contribution in [-0.4, -0.2) is 10.9 Å². The van der Waals surface area contributed by atoms with Crippen molar-refractivity contribution in [2.24, 2.45) is 5.41 Å². The first-order valence-electron chi connectivity index (χ1n) is 6.72. The third kappa shape index (κ3) is 2.78. The van der Waals surface area contributed by atoms with E-state index in [0.29, 0.717) is 24.5 Å². The second-order valence-corrected chi connectivity index (χ2v) is 5.26. The van der Waals surface area contributed by atoms with Gasteiger partial charge in [-0.15, -0.1) is 0 Å². The summed E-state index contributed by atoms with van der Waals surface area (Å²) in [5.41, 5.74) is -0.867. The van der Waals surface area contributed by atoms with E-state index in [9.17, 15) is 10.1 Å². The van der Waals surface area contributed by atoms with E-state index in [1.807, 2.05) is 13.8 Å². The molecular formula is C14H19N3O2. The van der Waals surface area contributed by atoms with Crippen LogP contribution in [0, 0.1) is 23.7 Å². The number of amides is 1. The Morgan fingerprint density at radius 3 is 2.74 bits per heavy atom. The van der Waals surface area contributed by atoms with Crippen LogP contribution in [0.4, 0.5) is 0 Å². The molecule has 2 rings (SSSR count). The maximum atomic E-state index is 12.3. The predicted octanol–water partition coefficient (Wildman–Crippen LogP) is 2.63. The Bertz CT molecular complexity index is 495. The van der Waals surface area contributed by atoms with E-state index in [1.165, 1.54) is 0 Å². The van der Waals surface area contributed by atoms with Gasteiger partial charge in [-0.1, -0.05) is 19.3 Å². The fourth-order valence-electron chi connectivity index (χ4n) is 2.51. The van der Waals surface area contributed by atoms with E-state index in [2.05, 4.69) is 16.4 Å². The van der Waals surface area contributed by atoms with Crippen molar-refractivity contribution >= 4 is 5.91 Å². The molecule has 0 aromatic carbocycles. The molecule has 1 fully saturated rings. The standard InChI is InChI=1S/C14H19N3O2/c1-10-8-16-12(19-10)11(2)17-13(18)14(9-15)6-4-3-5-7-14/h8,11H,3-7H2,1-2H3,(H,17,18). The molecule has 1 amide bonds. The summed E-state index contributed by atoms with van der Waals surface area (Å²) in [7, 11) is 0. The van der Waals surface area contributed by atoms with Crippen molar-refractivity contribution in [3.63, 3.8) is 0 Å². The van der Waals surface area contributed by atoms with Crippen molar-refractivity contribution in [1.29, 1.82) is 5.26 Å². The molecule has 0 saturated heterocycles. The quantitative estimate of drug-likeness (QED) is 0.907. The zero-order valence-corrected chi connectivity index (χ0v) is 11.4. The summed E-state index contributed by atoms with van der Waals surface area (Å²) in [6, 6.07) is 1.90. The van der Waals surface area contributed by atoms with Crippen LogP contribution in [-0.2, 0) is 4.79 Å². The second kappa shape index (κ2) is 5.43. The molecule has 1 atom stereocenters. The Hall–Kier alpha value is -1.83. The highest BCUT2D eigenvalue weighted by atomic mass is 16.4. The van der Waals surface area contributed by atoms with Crippen molar-refractivity contribution in [3.8, 4) is 6.07 Å². The lowest BCUT2D eigenvalue weighted by atomic mass is 9.74. The van der Waals surface area contributed by atoms with Gasteiger partial charge in [0.25, 0.3) is 0 Å². The Labute approximate surface area is 113 Å². The van der Waals surface area contributed by atoms with Gasteiger partial charge >= 0.3 is 0 Å². The molecule has 0 aliphatic heterocycles. The molecule has 1 heterocycles. The van der Waals surface area contributed by atoms with Crippen molar-refractivity contribution in [1.82, 2.24) is 10.3 Å². The van der Waals surface area contributed by atoms with Crippen LogP contribution in [0.3, 0.4) is 0 Å². The Balaban J connectivity index is 2.05. The molecule has 1 N–H and O–H groups in total. The van der Waals surface area contributed by atoms with E-state index in [-0.39, 0.29) is 11.9 Å². The highest BCUT2D eigenvalue weighted by Gasteiger charge is 2.40. The largest absolute Gasteiger partial charge is 0.444 e. The third-order valence-corrected chi connectivity index (χ3v) is 3.71. The summed E-state index contributed by atoms with van der Waals surface area (Å²) in [5.74, 6) is 0.997. The maximum Gasteiger partial charge on any atom is 0.241 e. The molecule has 102 valence electrons. The van der Waals surface area contributed by atoms with Gasteiger partial charge < -0.3 is 9.73 Å². The summed E-state index contributed by atoms with van der Waals surface area (Å²) >= 11 is 0. The van der Waals surface area contributed by atoms with Crippen LogP contribution >= 0.6 is 0 Å². The fraction of sp³-hybridized carbons (Fsp3) is 0.643. The van der Waals surface area contributed by atoms with Crippen molar-refractivity contribution in [2.75, 3.05) is 0 Å². The van der Waals surface area contributed by atoms with E-state index < -0.39 is 5.41 Å². The number of nitrogens with one attached hydrogen (secondary N) is 1. The highest BCUT2D eigenvalue weighted by Crippen LogP contribution is 2.36. The lowest BCUT2D eigenvalue weighted by Crippen LogP contribution is -2.42. The third-order valence-electron chi connectivity index (χ3n) is 3.71. The molecule has 1 unspecified atom stereocenters. The van der Waals surface area contributed by atoms with Crippen LogP contribution in [0.15, 0.2) is 10.6 Å². The van der Waals surface area contributed by atoms with Gasteiger partial charge in [-0.2, -0.15) is 5.26 Å². The lowest BCUT2D eigenvalue weighted by molar-refractivity contribution is -0.130. The van der Waals surface area contributed by atoms with E-state index in [1.54, 1.807) is 6.20 Å². The summed E-state index contributed by atoms with van der Waals surface area (Å²) in [6.07, 6.45) is 5.89. The summed E-state index contributed by atoms with van der Waals surface area (Å²) in [4.78, 5) is 16.4. The monoisotopic (exact) mass is 261 g/mol. The topological polar surface area (TPSA) is 78.9 Å². The van der Waals surface area contributed by atoms with Crippen molar-refractivity contribution < 1.29 is 9.21 Å².